The Kier molecular flexibility index (Phi) is 4.90. The van der Waals surface area contributed by atoms with Crippen LogP contribution in [0.2, 0.25) is 0 Å². The van der Waals surface area contributed by atoms with Gasteiger partial charge in [0.1, 0.15) is 17.4 Å². The lowest BCUT2D eigenvalue weighted by Crippen LogP contribution is -2.02. The van der Waals surface area contributed by atoms with Crippen molar-refractivity contribution in [3.05, 3.63) is 71.3 Å². The maximum Gasteiger partial charge on any atom is 0.139 e. The summed E-state index contributed by atoms with van der Waals surface area (Å²) in [4.78, 5) is 11.2. The third kappa shape index (κ3) is 3.90. The smallest absolute Gasteiger partial charge is 0.139 e. The van der Waals surface area contributed by atoms with Gasteiger partial charge in [0.2, 0.25) is 0 Å². The first kappa shape index (κ1) is 14.7. The first-order valence-corrected chi connectivity index (χ1v) is 7.23. The molecule has 0 atom stereocenters. The molecule has 0 heterocycles. The topological polar surface area (TPSA) is 17.1 Å². The van der Waals surface area contributed by atoms with E-state index in [9.17, 15) is 13.6 Å². The zero-order valence-corrected chi connectivity index (χ0v) is 11.8. The Morgan fingerprint density at radius 3 is 1.70 bits per heavy atom. The van der Waals surface area contributed by atoms with Gasteiger partial charge in [-0.2, -0.15) is 0 Å². The zero-order chi connectivity index (χ0) is 14.5. The lowest BCUT2D eigenvalue weighted by molar-refractivity contribution is -0.114. The highest BCUT2D eigenvalue weighted by atomic mass is 32.2. The zero-order valence-electron chi connectivity index (χ0n) is 11.0. The number of rotatable bonds is 5. The molecule has 0 unspecified atom stereocenters. The molecule has 0 aromatic heterocycles. The molecular formula is C16H14F2OS. The van der Waals surface area contributed by atoms with Crippen LogP contribution < -0.4 is 0 Å². The first-order valence-electron chi connectivity index (χ1n) is 6.18. The Hall–Kier alpha value is -1.68. The van der Waals surface area contributed by atoms with Crippen molar-refractivity contribution in [3.63, 3.8) is 0 Å². The molecule has 0 aliphatic rings. The van der Waals surface area contributed by atoms with Gasteiger partial charge < -0.3 is 0 Å². The molecule has 20 heavy (non-hydrogen) atoms. The van der Waals surface area contributed by atoms with Crippen LogP contribution in [0, 0.1) is 11.6 Å². The molecule has 0 spiro atoms. The Morgan fingerprint density at radius 1 is 0.950 bits per heavy atom. The number of Topliss-reactive ketones (excluding diaryl/α,β-unsaturated/α-hetero) is 1. The highest BCUT2D eigenvalue weighted by Gasteiger charge is 2.15. The minimum Gasteiger partial charge on any atom is -0.299 e. The highest BCUT2D eigenvalue weighted by Crippen LogP contribution is 2.35. The molecule has 2 rings (SSSR count). The monoisotopic (exact) mass is 292 g/mol. The molecule has 0 saturated carbocycles. The second kappa shape index (κ2) is 6.66. The molecule has 0 bridgehead atoms. The van der Waals surface area contributed by atoms with E-state index in [1.165, 1.54) is 43.0 Å². The van der Waals surface area contributed by atoms with Crippen molar-refractivity contribution in [2.75, 3.05) is 5.75 Å². The van der Waals surface area contributed by atoms with Gasteiger partial charge in [-0.3, -0.25) is 4.79 Å². The summed E-state index contributed by atoms with van der Waals surface area (Å²) in [5.74, 6) is -0.171. The van der Waals surface area contributed by atoms with Crippen LogP contribution in [0.1, 0.15) is 23.3 Å². The third-order valence-corrected chi connectivity index (χ3v) is 4.25. The van der Waals surface area contributed by atoms with Crippen molar-refractivity contribution in [1.82, 2.24) is 0 Å². The molecule has 0 saturated heterocycles. The summed E-state index contributed by atoms with van der Waals surface area (Å²) >= 11 is 1.45. The van der Waals surface area contributed by atoms with Crippen molar-refractivity contribution < 1.29 is 13.6 Å². The van der Waals surface area contributed by atoms with Crippen molar-refractivity contribution in [3.8, 4) is 0 Å². The van der Waals surface area contributed by atoms with Crippen LogP contribution in [0.3, 0.4) is 0 Å². The van der Waals surface area contributed by atoms with Crippen molar-refractivity contribution in [1.29, 1.82) is 0 Å². The quantitative estimate of drug-likeness (QED) is 0.813. The average molecular weight is 292 g/mol. The average Bonchev–Trinajstić information content (AvgIpc) is 2.42. The first-order chi connectivity index (χ1) is 9.56. The standard InChI is InChI=1S/C16H14F2OS/c1-11(19)10-20-16(12-2-6-14(17)7-3-12)13-4-8-15(18)9-5-13/h2-9,16H,10H2,1H3. The van der Waals surface area contributed by atoms with E-state index in [-0.39, 0.29) is 22.7 Å². The van der Waals surface area contributed by atoms with Crippen LogP contribution in [-0.2, 0) is 4.79 Å². The van der Waals surface area contributed by atoms with Gasteiger partial charge in [0.15, 0.2) is 0 Å². The Bertz CT molecular complexity index is 533. The van der Waals surface area contributed by atoms with Gasteiger partial charge in [-0.1, -0.05) is 24.3 Å². The molecular weight excluding hydrogens is 278 g/mol. The molecule has 104 valence electrons. The lowest BCUT2D eigenvalue weighted by atomic mass is 10.0. The van der Waals surface area contributed by atoms with Crippen molar-refractivity contribution in [2.24, 2.45) is 0 Å². The summed E-state index contributed by atoms with van der Waals surface area (Å²) in [5.41, 5.74) is 1.79. The van der Waals surface area contributed by atoms with Gasteiger partial charge in [0, 0.05) is 0 Å². The Balaban J connectivity index is 2.30. The van der Waals surface area contributed by atoms with Gasteiger partial charge in [-0.05, 0) is 42.3 Å². The van der Waals surface area contributed by atoms with E-state index >= 15 is 0 Å². The number of carbonyl (C=O) groups is 1. The molecule has 0 radical (unpaired) electrons. The van der Waals surface area contributed by atoms with E-state index in [0.29, 0.717) is 5.75 Å². The number of benzene rings is 2. The molecule has 2 aromatic rings. The maximum absolute atomic E-state index is 13.0. The number of hydrogen-bond acceptors (Lipinski definition) is 2. The molecule has 0 N–H and O–H groups in total. The van der Waals surface area contributed by atoms with Crippen LogP contribution in [0.25, 0.3) is 0 Å². The largest absolute Gasteiger partial charge is 0.299 e. The number of halogens is 2. The molecule has 4 heteroatoms. The molecule has 0 aliphatic heterocycles. The Labute approximate surface area is 121 Å². The van der Waals surface area contributed by atoms with Crippen molar-refractivity contribution in [2.45, 2.75) is 12.2 Å². The summed E-state index contributed by atoms with van der Waals surface area (Å²) in [6.45, 7) is 1.53. The summed E-state index contributed by atoms with van der Waals surface area (Å²) in [7, 11) is 0. The third-order valence-electron chi connectivity index (χ3n) is 2.80. The molecule has 0 amide bonds. The second-order valence-corrected chi connectivity index (χ2v) is 5.59. The summed E-state index contributed by atoms with van der Waals surface area (Å²) < 4.78 is 26.0. The van der Waals surface area contributed by atoms with E-state index in [4.69, 9.17) is 0 Å². The van der Waals surface area contributed by atoms with E-state index in [0.717, 1.165) is 11.1 Å². The van der Waals surface area contributed by atoms with Crippen LogP contribution in [-0.4, -0.2) is 11.5 Å². The van der Waals surface area contributed by atoms with Gasteiger partial charge in [-0.15, -0.1) is 11.8 Å². The summed E-state index contributed by atoms with van der Waals surface area (Å²) in [6.07, 6.45) is 0. The predicted molar refractivity (Wildman–Crippen MR) is 77.8 cm³/mol. The van der Waals surface area contributed by atoms with Gasteiger partial charge in [0.25, 0.3) is 0 Å². The maximum atomic E-state index is 13.0. The number of ketones is 1. The minimum atomic E-state index is -0.303. The van der Waals surface area contributed by atoms with E-state index in [2.05, 4.69) is 0 Å². The fourth-order valence-corrected chi connectivity index (χ4v) is 2.96. The van der Waals surface area contributed by atoms with Crippen LogP contribution >= 0.6 is 11.8 Å². The van der Waals surface area contributed by atoms with E-state index in [1.807, 2.05) is 0 Å². The fraction of sp³-hybridized carbons (Fsp3) is 0.188. The molecule has 0 fully saturated rings. The summed E-state index contributed by atoms with van der Waals surface area (Å²) in [6, 6.07) is 12.3. The summed E-state index contributed by atoms with van der Waals surface area (Å²) in [5, 5.41) is -0.111. The molecule has 1 nitrogen and oxygen atoms in total. The van der Waals surface area contributed by atoms with E-state index in [1.54, 1.807) is 24.3 Å². The van der Waals surface area contributed by atoms with Crippen molar-refractivity contribution >= 4 is 17.5 Å². The second-order valence-electron chi connectivity index (χ2n) is 4.50. The van der Waals surface area contributed by atoms with E-state index < -0.39 is 0 Å². The molecule has 2 aromatic carbocycles. The van der Waals surface area contributed by atoms with Gasteiger partial charge >= 0.3 is 0 Å². The number of thioether (sulfide) groups is 1. The SMILES string of the molecule is CC(=O)CSC(c1ccc(F)cc1)c1ccc(F)cc1. The lowest BCUT2D eigenvalue weighted by Gasteiger charge is -2.17. The van der Waals surface area contributed by atoms with Gasteiger partial charge in [-0.25, -0.2) is 8.78 Å². The minimum absolute atomic E-state index is 0.0734. The molecule has 0 aliphatic carbocycles. The normalized spacial score (nSPS) is 10.8. The van der Waals surface area contributed by atoms with Crippen LogP contribution in [0.5, 0.6) is 0 Å². The Morgan fingerprint density at radius 2 is 1.35 bits per heavy atom. The highest BCUT2D eigenvalue weighted by molar-refractivity contribution is 8.00. The fourth-order valence-electron chi connectivity index (χ4n) is 1.86. The van der Waals surface area contributed by atoms with Crippen LogP contribution in [0.4, 0.5) is 8.78 Å². The predicted octanol–water partition coefficient (Wildman–Crippen LogP) is 4.38. The van der Waals surface area contributed by atoms with Gasteiger partial charge in [0.05, 0.1) is 11.0 Å². The number of carbonyl (C=O) groups excluding carboxylic acids is 1. The number of hydrogen-bond donors (Lipinski definition) is 0. The van der Waals surface area contributed by atoms with Crippen LogP contribution in [0.15, 0.2) is 48.5 Å².